The summed E-state index contributed by atoms with van der Waals surface area (Å²) < 4.78 is 36.3. The molecule has 0 spiro atoms. The zero-order chi connectivity index (χ0) is 9.23. The highest BCUT2D eigenvalue weighted by Gasteiger charge is 2.41. The van der Waals surface area contributed by atoms with Gasteiger partial charge in [0.2, 0.25) is 0 Å². The molecule has 0 saturated heterocycles. The zero-order valence-corrected chi connectivity index (χ0v) is 5.40. The summed E-state index contributed by atoms with van der Waals surface area (Å²) in [6, 6.07) is 0. The van der Waals surface area contributed by atoms with E-state index < -0.39 is 23.3 Å². The number of carboxylic acids is 1. The monoisotopic (exact) mass is 166 g/mol. The quantitative estimate of drug-likeness (QED) is 0.648. The van der Waals surface area contributed by atoms with Crippen molar-refractivity contribution in [3.05, 3.63) is 24.6 Å². The minimum Gasteiger partial charge on any atom is -0.478 e. The van der Waals surface area contributed by atoms with Crippen LogP contribution < -0.4 is 0 Å². The van der Waals surface area contributed by atoms with Gasteiger partial charge in [0.25, 0.3) is 0 Å². The number of alkyl halides is 2. The number of hydrogen-bond acceptors (Lipinski definition) is 1. The highest BCUT2D eigenvalue weighted by atomic mass is 19.3. The zero-order valence-electron chi connectivity index (χ0n) is 5.40. The van der Waals surface area contributed by atoms with E-state index in [-0.39, 0.29) is 0 Å². The van der Waals surface area contributed by atoms with Crippen LogP contribution in [0.3, 0.4) is 0 Å². The molecule has 0 saturated carbocycles. The largest absolute Gasteiger partial charge is 0.478 e. The number of aliphatic carboxylic acids is 1. The molecule has 0 aliphatic heterocycles. The maximum atomic E-state index is 12.2. The number of carboxylic acid groups (broad SMARTS) is 1. The van der Waals surface area contributed by atoms with Crippen LogP contribution in [0.25, 0.3) is 0 Å². The summed E-state index contributed by atoms with van der Waals surface area (Å²) in [6.45, 7) is 4.79. The first-order valence-corrected chi connectivity index (χ1v) is 2.45. The van der Waals surface area contributed by atoms with Crippen LogP contribution in [0, 0.1) is 0 Å². The fourth-order valence-electron chi connectivity index (χ4n) is 0.298. The molecule has 0 atom stereocenters. The standard InChI is InChI=1S/C6H5F3O2/c1-3(5(10)11)6(8,9)4(2)7/h1-2H2,(H,10,11). The number of hydrogen-bond donors (Lipinski definition) is 1. The third-order valence-corrected chi connectivity index (χ3v) is 0.978. The third-order valence-electron chi connectivity index (χ3n) is 0.978. The molecule has 1 N–H and O–H groups in total. The second-order valence-electron chi connectivity index (χ2n) is 1.76. The van der Waals surface area contributed by atoms with Gasteiger partial charge in [-0.1, -0.05) is 13.2 Å². The average molecular weight is 166 g/mol. The van der Waals surface area contributed by atoms with Crippen LogP contribution in [0.1, 0.15) is 0 Å². The Morgan fingerprint density at radius 2 is 1.73 bits per heavy atom. The molecule has 0 bridgehead atoms. The van der Waals surface area contributed by atoms with Crippen molar-refractivity contribution in [2.45, 2.75) is 5.92 Å². The summed E-state index contributed by atoms with van der Waals surface area (Å²) in [7, 11) is 0. The number of allylic oxidation sites excluding steroid dienone is 1. The van der Waals surface area contributed by atoms with Crippen molar-refractivity contribution in [3.8, 4) is 0 Å². The summed E-state index contributed by atoms with van der Waals surface area (Å²) in [6.07, 6.45) is 0. The Bertz CT molecular complexity index is 220. The first-order valence-electron chi connectivity index (χ1n) is 2.45. The Labute approximate surface area is 60.6 Å². The third kappa shape index (κ3) is 1.83. The molecule has 62 valence electrons. The molecule has 0 aliphatic carbocycles. The molecule has 0 radical (unpaired) electrons. The van der Waals surface area contributed by atoms with E-state index in [9.17, 15) is 18.0 Å². The summed E-state index contributed by atoms with van der Waals surface area (Å²) in [5.41, 5.74) is -1.52. The second kappa shape index (κ2) is 2.77. The maximum Gasteiger partial charge on any atom is 0.337 e. The molecule has 2 nitrogen and oxygen atoms in total. The van der Waals surface area contributed by atoms with E-state index in [2.05, 4.69) is 13.2 Å². The number of halogens is 3. The van der Waals surface area contributed by atoms with Gasteiger partial charge in [0, 0.05) is 0 Å². The van der Waals surface area contributed by atoms with Gasteiger partial charge in [-0.25, -0.2) is 9.18 Å². The van der Waals surface area contributed by atoms with Crippen LogP contribution in [0.4, 0.5) is 13.2 Å². The normalized spacial score (nSPS) is 10.8. The lowest BCUT2D eigenvalue weighted by Crippen LogP contribution is -2.24. The van der Waals surface area contributed by atoms with E-state index in [1.807, 2.05) is 0 Å². The van der Waals surface area contributed by atoms with Crippen molar-refractivity contribution in [2.24, 2.45) is 0 Å². The van der Waals surface area contributed by atoms with Gasteiger partial charge in [0.05, 0.1) is 0 Å². The van der Waals surface area contributed by atoms with E-state index in [1.165, 1.54) is 0 Å². The van der Waals surface area contributed by atoms with Gasteiger partial charge < -0.3 is 5.11 Å². The highest BCUT2D eigenvalue weighted by Crippen LogP contribution is 2.30. The predicted molar refractivity (Wildman–Crippen MR) is 32.0 cm³/mol. The molecule has 0 fully saturated rings. The van der Waals surface area contributed by atoms with Gasteiger partial charge in [-0.05, 0) is 0 Å². The van der Waals surface area contributed by atoms with Crippen LogP contribution in [0.2, 0.25) is 0 Å². The SMILES string of the molecule is C=C(F)C(F)(F)C(=C)C(=O)O. The molecule has 11 heavy (non-hydrogen) atoms. The van der Waals surface area contributed by atoms with E-state index in [0.29, 0.717) is 0 Å². The van der Waals surface area contributed by atoms with Crippen LogP contribution in [-0.2, 0) is 4.79 Å². The Kier molecular flexibility index (Phi) is 2.46. The van der Waals surface area contributed by atoms with Gasteiger partial charge in [-0.2, -0.15) is 8.78 Å². The van der Waals surface area contributed by atoms with Crippen molar-refractivity contribution in [2.75, 3.05) is 0 Å². The molecule has 5 heteroatoms. The van der Waals surface area contributed by atoms with Gasteiger partial charge in [0.1, 0.15) is 5.57 Å². The molecule has 0 aromatic carbocycles. The summed E-state index contributed by atoms with van der Waals surface area (Å²) in [5, 5.41) is 7.98. The topological polar surface area (TPSA) is 37.3 Å². The molecule has 0 rings (SSSR count). The minimum absolute atomic E-state index is 1.52. The van der Waals surface area contributed by atoms with Crippen molar-refractivity contribution >= 4 is 5.97 Å². The van der Waals surface area contributed by atoms with E-state index in [1.54, 1.807) is 0 Å². The lowest BCUT2D eigenvalue weighted by molar-refractivity contribution is -0.135. The fourth-order valence-corrected chi connectivity index (χ4v) is 0.298. The Morgan fingerprint density at radius 1 is 1.36 bits per heavy atom. The minimum atomic E-state index is -4.17. The highest BCUT2D eigenvalue weighted by molar-refractivity contribution is 5.88. The van der Waals surface area contributed by atoms with E-state index >= 15 is 0 Å². The Hall–Kier alpha value is -1.26. The maximum absolute atomic E-state index is 12.2. The second-order valence-corrected chi connectivity index (χ2v) is 1.76. The van der Waals surface area contributed by atoms with Gasteiger partial charge >= 0.3 is 11.9 Å². The molecular weight excluding hydrogens is 161 g/mol. The van der Waals surface area contributed by atoms with Crippen molar-refractivity contribution in [1.29, 1.82) is 0 Å². The first kappa shape index (κ1) is 9.74. The van der Waals surface area contributed by atoms with Gasteiger partial charge in [0.15, 0.2) is 5.83 Å². The molecular formula is C6H5F3O2. The van der Waals surface area contributed by atoms with Crippen molar-refractivity contribution < 1.29 is 23.1 Å². The van der Waals surface area contributed by atoms with Crippen LogP contribution in [-0.4, -0.2) is 17.0 Å². The van der Waals surface area contributed by atoms with Crippen LogP contribution >= 0.6 is 0 Å². The number of carbonyl (C=O) groups is 1. The summed E-state index contributed by atoms with van der Waals surface area (Å²) in [4.78, 5) is 9.86. The lowest BCUT2D eigenvalue weighted by Gasteiger charge is -2.11. The molecule has 0 amide bonds. The van der Waals surface area contributed by atoms with E-state index in [4.69, 9.17) is 5.11 Å². The molecule has 0 aromatic heterocycles. The van der Waals surface area contributed by atoms with E-state index in [0.717, 1.165) is 0 Å². The van der Waals surface area contributed by atoms with Crippen LogP contribution in [0.5, 0.6) is 0 Å². The van der Waals surface area contributed by atoms with Gasteiger partial charge in [-0.15, -0.1) is 0 Å². The first-order chi connectivity index (χ1) is 4.80. The average Bonchev–Trinajstić information content (AvgIpc) is 1.85. The smallest absolute Gasteiger partial charge is 0.337 e. The molecule has 0 aliphatic rings. The Morgan fingerprint density at radius 3 is 1.82 bits per heavy atom. The van der Waals surface area contributed by atoms with Crippen molar-refractivity contribution in [1.82, 2.24) is 0 Å². The van der Waals surface area contributed by atoms with Gasteiger partial charge in [-0.3, -0.25) is 0 Å². The molecule has 0 unspecified atom stereocenters. The molecule has 0 heterocycles. The van der Waals surface area contributed by atoms with Crippen molar-refractivity contribution in [3.63, 3.8) is 0 Å². The number of rotatable bonds is 3. The molecule has 0 aromatic rings. The summed E-state index contributed by atoms with van der Waals surface area (Å²) >= 11 is 0. The van der Waals surface area contributed by atoms with Crippen LogP contribution in [0.15, 0.2) is 24.6 Å². The Balaban J connectivity index is 4.70. The summed E-state index contributed by atoms with van der Waals surface area (Å²) in [5.74, 6) is -8.15. The predicted octanol–water partition coefficient (Wildman–Crippen LogP) is 1.75. The lowest BCUT2D eigenvalue weighted by atomic mass is 10.1. The fraction of sp³-hybridized carbons (Fsp3) is 0.167.